The van der Waals surface area contributed by atoms with Gasteiger partial charge in [0.25, 0.3) is 0 Å². The molecule has 0 aromatic rings. The number of rotatable bonds is 10. The van der Waals surface area contributed by atoms with Crippen molar-refractivity contribution in [3.8, 4) is 0 Å². The number of hydrogen-bond donors (Lipinski definition) is 3. The number of carbonyl (C=O) groups excluding carboxylic acids is 3. The Hall–Kier alpha value is -2.01. The number of nitrogens with two attached hydrogens (primary N) is 1. The Balaban J connectivity index is 1.39. The molecule has 5 aliphatic rings. The molecule has 4 aliphatic heterocycles. The minimum Gasteiger partial charge on any atom is -0.462 e. The average Bonchev–Trinajstić information content (AvgIpc) is 3.29. The number of carbonyl (C=O) groups is 3. The quantitative estimate of drug-likeness (QED) is 0.254. The third-order valence-electron chi connectivity index (χ3n) is 11.3. The first-order chi connectivity index (χ1) is 20.4. The molecule has 10 heteroatoms. The fourth-order valence-electron chi connectivity index (χ4n) is 8.29. The summed E-state index contributed by atoms with van der Waals surface area (Å²) in [5, 5.41) is 12.7. The first-order valence-electron chi connectivity index (χ1n) is 16.6. The predicted molar refractivity (Wildman–Crippen MR) is 160 cm³/mol. The van der Waals surface area contributed by atoms with E-state index in [4.69, 9.17) is 19.9 Å². The van der Waals surface area contributed by atoms with Crippen LogP contribution in [-0.4, -0.2) is 83.7 Å². The molecule has 0 spiro atoms. The van der Waals surface area contributed by atoms with Crippen LogP contribution in [0.5, 0.6) is 0 Å². The molecule has 9 atom stereocenters. The molecule has 242 valence electrons. The Bertz CT molecular complexity index is 1070. The van der Waals surface area contributed by atoms with Crippen molar-refractivity contribution in [2.24, 2.45) is 35.3 Å². The molecule has 1 aliphatic carbocycles. The number of piperidine rings is 1. The highest BCUT2D eigenvalue weighted by Gasteiger charge is 2.61. The summed E-state index contributed by atoms with van der Waals surface area (Å²) in [5.74, 6) is 0.240. The smallest absolute Gasteiger partial charge is 0.334 e. The number of hydrogen-bond acceptors (Lipinski definition) is 9. The SMILES string of the molecule is CC=C(C)C(=O)OC(C)(C)[C@@]1(CC2CC(N)NCC2CC(=O)N2CCC2)CC2CC3CC(CCCO)C(=O)OC3CC2O1. The summed E-state index contributed by atoms with van der Waals surface area (Å²) >= 11 is 0. The standard InChI is InChI=1S/C33H53N3O7/c1-5-20(2)30(39)43-32(3,4)33(17-23-14-28(34)35-19-25(23)15-29(38)36-9-7-10-36)18-24-13-22-12-21(8-6-11-37)31(40)41-26(22)16-27(24)42-33/h5,21-28,35,37H,6-19,34H2,1-4H3/t21?,22?,23?,24?,25?,26?,27?,28?,33-/m1/s1. The number of nitrogens with one attached hydrogen (secondary N) is 1. The fraction of sp³-hybridized carbons (Fsp3) is 0.848. The van der Waals surface area contributed by atoms with Crippen molar-refractivity contribution in [3.63, 3.8) is 0 Å². The number of allylic oxidation sites excluding steroid dienone is 1. The zero-order valence-electron chi connectivity index (χ0n) is 26.5. The second-order valence-corrected chi connectivity index (χ2v) is 14.4. The van der Waals surface area contributed by atoms with E-state index in [2.05, 4.69) is 5.32 Å². The Morgan fingerprint density at radius 3 is 2.60 bits per heavy atom. The molecule has 10 nitrogen and oxygen atoms in total. The highest BCUT2D eigenvalue weighted by Crippen LogP contribution is 2.55. The van der Waals surface area contributed by atoms with Gasteiger partial charge in [-0.25, -0.2) is 4.79 Å². The summed E-state index contributed by atoms with van der Waals surface area (Å²) in [7, 11) is 0. The van der Waals surface area contributed by atoms with E-state index >= 15 is 0 Å². The van der Waals surface area contributed by atoms with E-state index in [9.17, 15) is 19.5 Å². The van der Waals surface area contributed by atoms with Crippen LogP contribution in [0.3, 0.4) is 0 Å². The van der Waals surface area contributed by atoms with Crippen LogP contribution in [0.2, 0.25) is 0 Å². The van der Waals surface area contributed by atoms with Crippen molar-refractivity contribution in [2.75, 3.05) is 26.2 Å². The normalized spacial score (nSPS) is 38.0. The third-order valence-corrected chi connectivity index (χ3v) is 11.3. The predicted octanol–water partition coefficient (Wildman–Crippen LogP) is 3.06. The average molecular weight is 604 g/mol. The van der Waals surface area contributed by atoms with E-state index in [1.165, 1.54) is 0 Å². The lowest BCUT2D eigenvalue weighted by atomic mass is 9.66. The number of aliphatic hydroxyl groups excluding tert-OH is 1. The van der Waals surface area contributed by atoms with Gasteiger partial charge in [0, 0.05) is 44.7 Å². The van der Waals surface area contributed by atoms with E-state index < -0.39 is 11.2 Å². The van der Waals surface area contributed by atoms with Crippen molar-refractivity contribution < 1.29 is 33.7 Å². The molecule has 1 amide bonds. The third kappa shape index (κ3) is 6.82. The molecule has 1 saturated carbocycles. The highest BCUT2D eigenvalue weighted by molar-refractivity contribution is 5.88. The second kappa shape index (κ2) is 13.2. The van der Waals surface area contributed by atoms with E-state index in [-0.39, 0.29) is 72.4 Å². The molecule has 8 unspecified atom stereocenters. The summed E-state index contributed by atoms with van der Waals surface area (Å²) < 4.78 is 19.3. The van der Waals surface area contributed by atoms with Gasteiger partial charge < -0.3 is 35.3 Å². The van der Waals surface area contributed by atoms with Gasteiger partial charge in [0.05, 0.1) is 18.2 Å². The molecular formula is C33H53N3O7. The minimum atomic E-state index is -0.946. The van der Waals surface area contributed by atoms with Crippen molar-refractivity contribution in [1.82, 2.24) is 10.2 Å². The van der Waals surface area contributed by atoms with Gasteiger partial charge in [-0.1, -0.05) is 6.08 Å². The molecule has 5 fully saturated rings. The molecular weight excluding hydrogens is 550 g/mol. The van der Waals surface area contributed by atoms with E-state index in [0.717, 1.165) is 38.8 Å². The van der Waals surface area contributed by atoms with Gasteiger partial charge in [-0.2, -0.15) is 0 Å². The molecule has 0 radical (unpaired) electrons. The maximum Gasteiger partial charge on any atom is 0.334 e. The van der Waals surface area contributed by atoms with Crippen LogP contribution in [0.15, 0.2) is 11.6 Å². The van der Waals surface area contributed by atoms with Crippen LogP contribution >= 0.6 is 0 Å². The minimum absolute atomic E-state index is 0.0738. The molecule has 4 saturated heterocycles. The van der Waals surface area contributed by atoms with E-state index in [1.54, 1.807) is 13.0 Å². The van der Waals surface area contributed by atoms with Crippen LogP contribution in [0, 0.1) is 29.6 Å². The second-order valence-electron chi connectivity index (χ2n) is 14.4. The molecule has 0 bridgehead atoms. The van der Waals surface area contributed by atoms with Crippen LogP contribution < -0.4 is 11.1 Å². The zero-order valence-corrected chi connectivity index (χ0v) is 26.5. The Morgan fingerprint density at radius 2 is 1.93 bits per heavy atom. The van der Waals surface area contributed by atoms with Gasteiger partial charge in [0.1, 0.15) is 17.3 Å². The lowest BCUT2D eigenvalue weighted by Gasteiger charge is -2.48. The summed E-state index contributed by atoms with van der Waals surface area (Å²) in [5.41, 5.74) is 5.26. The Morgan fingerprint density at radius 1 is 1.16 bits per heavy atom. The first kappa shape index (κ1) is 32.4. The topological polar surface area (TPSA) is 140 Å². The van der Waals surface area contributed by atoms with Crippen LogP contribution in [0.1, 0.15) is 91.9 Å². The first-order valence-corrected chi connectivity index (χ1v) is 16.6. The fourth-order valence-corrected chi connectivity index (χ4v) is 8.29. The van der Waals surface area contributed by atoms with Gasteiger partial charge in [0.2, 0.25) is 5.91 Å². The largest absolute Gasteiger partial charge is 0.462 e. The summed E-state index contributed by atoms with van der Waals surface area (Å²) in [6, 6.07) is 0. The lowest BCUT2D eigenvalue weighted by molar-refractivity contribution is -0.208. The van der Waals surface area contributed by atoms with Crippen LogP contribution in [0.25, 0.3) is 0 Å². The zero-order chi connectivity index (χ0) is 30.9. The number of ether oxygens (including phenoxy) is 3. The molecule has 0 aromatic carbocycles. The Kier molecular flexibility index (Phi) is 9.90. The molecule has 5 rings (SSSR count). The van der Waals surface area contributed by atoms with Crippen molar-refractivity contribution >= 4 is 17.8 Å². The highest BCUT2D eigenvalue weighted by atomic mass is 16.6. The molecule has 4 N–H and O–H groups in total. The monoisotopic (exact) mass is 603 g/mol. The number of likely N-dealkylation sites (tertiary alicyclic amines) is 1. The maximum atomic E-state index is 13.1. The molecule has 4 heterocycles. The van der Waals surface area contributed by atoms with Crippen LogP contribution in [-0.2, 0) is 28.6 Å². The summed E-state index contributed by atoms with van der Waals surface area (Å²) in [6.45, 7) is 9.92. The number of fused-ring (bicyclic) bond motifs is 2. The number of nitrogens with zero attached hydrogens (tertiary/aromatic N) is 1. The summed E-state index contributed by atoms with van der Waals surface area (Å²) in [4.78, 5) is 40.9. The summed E-state index contributed by atoms with van der Waals surface area (Å²) in [6.07, 6.45) is 8.46. The number of esters is 2. The Labute approximate surface area is 256 Å². The molecule has 43 heavy (non-hydrogen) atoms. The maximum absolute atomic E-state index is 13.1. The van der Waals surface area contributed by atoms with Crippen molar-refractivity contribution in [3.05, 3.63) is 11.6 Å². The number of aliphatic hydroxyl groups is 1. The number of amides is 1. The molecule has 0 aromatic heterocycles. The van der Waals surface area contributed by atoms with Crippen molar-refractivity contribution in [2.45, 2.75) is 121 Å². The van der Waals surface area contributed by atoms with Gasteiger partial charge >= 0.3 is 11.9 Å². The van der Waals surface area contributed by atoms with Gasteiger partial charge in [-0.15, -0.1) is 0 Å². The van der Waals surface area contributed by atoms with E-state index in [1.807, 2.05) is 25.7 Å². The van der Waals surface area contributed by atoms with Gasteiger partial charge in [-0.3, -0.25) is 9.59 Å². The van der Waals surface area contributed by atoms with Gasteiger partial charge in [-0.05, 0) is 103 Å². The van der Waals surface area contributed by atoms with Crippen LogP contribution in [0.4, 0.5) is 0 Å². The van der Waals surface area contributed by atoms with Gasteiger partial charge in [0.15, 0.2) is 0 Å². The van der Waals surface area contributed by atoms with E-state index in [0.29, 0.717) is 50.6 Å². The lowest BCUT2D eigenvalue weighted by Crippen LogP contribution is -2.57. The van der Waals surface area contributed by atoms with Crippen molar-refractivity contribution in [1.29, 1.82) is 0 Å².